The molecular formula is C22H28N4O4S2. The number of fused-ring (bicyclic) bond motifs is 1. The summed E-state index contributed by atoms with van der Waals surface area (Å²) in [4.78, 5) is 32.9. The third-order valence-corrected chi connectivity index (χ3v) is 9.20. The lowest BCUT2D eigenvalue weighted by molar-refractivity contribution is -0.122. The highest BCUT2D eigenvalue weighted by atomic mass is 32.2. The van der Waals surface area contributed by atoms with Gasteiger partial charge in [-0.25, -0.2) is 13.4 Å². The molecule has 0 saturated carbocycles. The number of thiazole rings is 1. The van der Waals surface area contributed by atoms with Gasteiger partial charge in [-0.1, -0.05) is 13.8 Å². The molecule has 1 saturated heterocycles. The van der Waals surface area contributed by atoms with E-state index in [1.807, 2.05) is 0 Å². The molecule has 4 rings (SSSR count). The van der Waals surface area contributed by atoms with E-state index in [-0.39, 0.29) is 29.7 Å². The molecule has 10 heteroatoms. The second-order valence-electron chi connectivity index (χ2n) is 8.07. The van der Waals surface area contributed by atoms with Crippen LogP contribution >= 0.6 is 11.3 Å². The molecule has 2 aromatic rings. The van der Waals surface area contributed by atoms with Gasteiger partial charge in [0.1, 0.15) is 0 Å². The Morgan fingerprint density at radius 2 is 1.88 bits per heavy atom. The second kappa shape index (κ2) is 9.29. The van der Waals surface area contributed by atoms with Crippen molar-refractivity contribution in [3.63, 3.8) is 0 Å². The van der Waals surface area contributed by atoms with Crippen molar-refractivity contribution in [3.05, 3.63) is 34.8 Å². The van der Waals surface area contributed by atoms with E-state index >= 15 is 0 Å². The monoisotopic (exact) mass is 476 g/mol. The smallest absolute Gasteiger partial charge is 0.243 e. The Balaban J connectivity index is 1.43. The molecule has 1 atom stereocenters. The predicted molar refractivity (Wildman–Crippen MR) is 124 cm³/mol. The van der Waals surface area contributed by atoms with Crippen LogP contribution in [-0.2, 0) is 32.5 Å². The second-order valence-corrected chi connectivity index (χ2v) is 11.1. The van der Waals surface area contributed by atoms with Crippen LogP contribution in [0, 0.1) is 5.92 Å². The first-order valence-electron chi connectivity index (χ1n) is 11.0. The number of hydrogen-bond acceptors (Lipinski definition) is 6. The molecule has 0 unspecified atom stereocenters. The molecule has 1 N–H and O–H groups in total. The van der Waals surface area contributed by atoms with Crippen molar-refractivity contribution in [3.8, 4) is 0 Å². The van der Waals surface area contributed by atoms with Crippen molar-refractivity contribution in [2.75, 3.05) is 29.9 Å². The number of benzene rings is 1. The molecule has 1 aromatic heterocycles. The van der Waals surface area contributed by atoms with Gasteiger partial charge >= 0.3 is 0 Å². The summed E-state index contributed by atoms with van der Waals surface area (Å²) >= 11 is 1.53. The summed E-state index contributed by atoms with van der Waals surface area (Å²) in [5.41, 5.74) is 1.67. The topological polar surface area (TPSA) is 99.7 Å². The van der Waals surface area contributed by atoms with Gasteiger partial charge in [0.25, 0.3) is 0 Å². The van der Waals surface area contributed by atoms with Crippen molar-refractivity contribution in [2.45, 2.75) is 50.8 Å². The third kappa shape index (κ3) is 4.44. The number of rotatable bonds is 7. The van der Waals surface area contributed by atoms with E-state index in [9.17, 15) is 18.0 Å². The quantitative estimate of drug-likeness (QED) is 0.662. The van der Waals surface area contributed by atoms with Gasteiger partial charge in [-0.15, -0.1) is 11.3 Å². The lowest BCUT2D eigenvalue weighted by atomic mass is 10.0. The molecule has 0 spiro atoms. The molecule has 172 valence electrons. The normalized spacial score (nSPS) is 18.8. The molecule has 0 bridgehead atoms. The Bertz CT molecular complexity index is 1080. The summed E-state index contributed by atoms with van der Waals surface area (Å²) in [6.45, 7) is 4.64. The van der Waals surface area contributed by atoms with Crippen molar-refractivity contribution < 1.29 is 18.0 Å². The molecule has 1 aliphatic heterocycles. The van der Waals surface area contributed by atoms with Gasteiger partial charge in [0.05, 0.1) is 16.5 Å². The highest BCUT2D eigenvalue weighted by molar-refractivity contribution is 7.89. The number of carbonyl (C=O) groups is 2. The Kier molecular flexibility index (Phi) is 6.64. The molecule has 1 fully saturated rings. The summed E-state index contributed by atoms with van der Waals surface area (Å²) in [7, 11) is -3.56. The number of sulfonamides is 1. The maximum atomic E-state index is 12.8. The lowest BCUT2D eigenvalue weighted by Crippen LogP contribution is -2.31. The highest BCUT2D eigenvalue weighted by Crippen LogP contribution is 2.31. The van der Waals surface area contributed by atoms with Crippen LogP contribution in [0.4, 0.5) is 10.8 Å². The van der Waals surface area contributed by atoms with Gasteiger partial charge in [-0.2, -0.15) is 4.31 Å². The Labute approximate surface area is 192 Å². The minimum atomic E-state index is -3.56. The van der Waals surface area contributed by atoms with Crippen LogP contribution in [0.25, 0.3) is 0 Å². The molecular weight excluding hydrogens is 448 g/mol. The highest BCUT2D eigenvalue weighted by Gasteiger charge is 2.36. The molecule has 8 nitrogen and oxygen atoms in total. The Hall–Kier alpha value is -2.30. The molecule has 1 aromatic carbocycles. The molecule has 2 aliphatic rings. The van der Waals surface area contributed by atoms with E-state index in [4.69, 9.17) is 0 Å². The molecule has 0 radical (unpaired) electrons. The van der Waals surface area contributed by atoms with Gasteiger partial charge in [-0.05, 0) is 49.9 Å². The van der Waals surface area contributed by atoms with Crippen LogP contribution in [0.2, 0.25) is 0 Å². The number of carbonyl (C=O) groups excluding carboxylic acids is 2. The first kappa shape index (κ1) is 22.9. The zero-order valence-electron chi connectivity index (χ0n) is 18.3. The van der Waals surface area contributed by atoms with Crippen LogP contribution < -0.4 is 10.2 Å². The maximum Gasteiger partial charge on any atom is 0.243 e. The van der Waals surface area contributed by atoms with E-state index < -0.39 is 15.9 Å². The van der Waals surface area contributed by atoms with Crippen molar-refractivity contribution >= 4 is 44.0 Å². The number of nitrogens with zero attached hydrogens (tertiary/aromatic N) is 3. The Morgan fingerprint density at radius 1 is 1.19 bits per heavy atom. The van der Waals surface area contributed by atoms with E-state index in [0.717, 1.165) is 31.4 Å². The summed E-state index contributed by atoms with van der Waals surface area (Å²) < 4.78 is 26.7. The third-order valence-electron chi connectivity index (χ3n) is 6.06. The molecule has 1 aliphatic carbocycles. The summed E-state index contributed by atoms with van der Waals surface area (Å²) in [6, 6.07) is 6.29. The van der Waals surface area contributed by atoms with E-state index in [0.29, 0.717) is 23.9 Å². The van der Waals surface area contributed by atoms with Crippen molar-refractivity contribution in [2.24, 2.45) is 5.92 Å². The number of aryl methyl sites for hydroxylation is 2. The number of aromatic nitrogens is 1. The number of amides is 2. The maximum absolute atomic E-state index is 12.8. The molecule has 2 heterocycles. The van der Waals surface area contributed by atoms with Crippen LogP contribution in [0.5, 0.6) is 0 Å². The van der Waals surface area contributed by atoms with E-state index in [1.165, 1.54) is 32.7 Å². The van der Waals surface area contributed by atoms with Crippen LogP contribution in [0.3, 0.4) is 0 Å². The minimum Gasteiger partial charge on any atom is -0.312 e. The fraction of sp³-hybridized carbons (Fsp3) is 0.500. The van der Waals surface area contributed by atoms with Gasteiger partial charge in [0, 0.05) is 36.6 Å². The number of anilines is 2. The van der Waals surface area contributed by atoms with Crippen LogP contribution in [0.1, 0.15) is 43.7 Å². The fourth-order valence-corrected chi connectivity index (χ4v) is 6.77. The zero-order valence-corrected chi connectivity index (χ0v) is 20.0. The van der Waals surface area contributed by atoms with Gasteiger partial charge in [0.2, 0.25) is 21.8 Å². The van der Waals surface area contributed by atoms with Gasteiger partial charge in [0.15, 0.2) is 5.13 Å². The van der Waals surface area contributed by atoms with Crippen LogP contribution in [-0.4, -0.2) is 49.2 Å². The Morgan fingerprint density at radius 3 is 2.53 bits per heavy atom. The SMILES string of the molecule is CCN(CC)S(=O)(=O)c1ccc(N2C[C@H](C(=O)Nc3nc4c(s3)CCCC4)CC2=O)cc1. The van der Waals surface area contributed by atoms with Gasteiger partial charge < -0.3 is 10.2 Å². The number of nitrogens with one attached hydrogen (secondary N) is 1. The van der Waals surface area contributed by atoms with E-state index in [1.54, 1.807) is 30.9 Å². The van der Waals surface area contributed by atoms with Gasteiger partial charge in [-0.3, -0.25) is 9.59 Å². The fourth-order valence-electron chi connectivity index (χ4n) is 4.26. The summed E-state index contributed by atoms with van der Waals surface area (Å²) in [5, 5.41) is 3.50. The number of hydrogen-bond donors (Lipinski definition) is 1. The van der Waals surface area contributed by atoms with Crippen molar-refractivity contribution in [1.29, 1.82) is 0 Å². The molecule has 32 heavy (non-hydrogen) atoms. The summed E-state index contributed by atoms with van der Waals surface area (Å²) in [5.74, 6) is -0.821. The first-order valence-corrected chi connectivity index (χ1v) is 13.3. The summed E-state index contributed by atoms with van der Waals surface area (Å²) in [6.07, 6.45) is 4.38. The van der Waals surface area contributed by atoms with Crippen molar-refractivity contribution in [1.82, 2.24) is 9.29 Å². The largest absolute Gasteiger partial charge is 0.312 e. The molecule has 2 amide bonds. The average Bonchev–Trinajstić information content (AvgIpc) is 3.37. The first-order chi connectivity index (χ1) is 15.3. The lowest BCUT2D eigenvalue weighted by Gasteiger charge is -2.20. The minimum absolute atomic E-state index is 0.121. The standard InChI is InChI=1S/C22H28N4O4S2/c1-3-25(4-2)32(29,30)17-11-9-16(10-12-17)26-14-15(13-20(26)27)21(28)24-22-23-18-7-5-6-8-19(18)31-22/h9-12,15H,3-8,13-14H2,1-2H3,(H,23,24,28)/t15-/m1/s1. The predicted octanol–water partition coefficient (Wildman–Crippen LogP) is 3.04. The van der Waals surface area contributed by atoms with Crippen LogP contribution in [0.15, 0.2) is 29.2 Å². The average molecular weight is 477 g/mol. The zero-order chi connectivity index (χ0) is 22.9. The van der Waals surface area contributed by atoms with E-state index in [2.05, 4.69) is 10.3 Å².